The number of nitrogens with one attached hydrogen (secondary N) is 1. The van der Waals surface area contributed by atoms with Crippen LogP contribution in [0.15, 0.2) is 0 Å². The standard InChI is InChI=1S/C15H31NO/c1-11(2)13(9-17)16-12-7-14(3,4)10-15(5,6)8-12/h11-13,16-17H,7-10H2,1-6H3/t13-/m1/s1. The molecule has 1 saturated carbocycles. The fourth-order valence-electron chi connectivity index (χ4n) is 3.72. The summed E-state index contributed by atoms with van der Waals surface area (Å²) in [6.07, 6.45) is 3.74. The fourth-order valence-corrected chi connectivity index (χ4v) is 3.72. The van der Waals surface area contributed by atoms with E-state index in [1.807, 2.05) is 0 Å². The lowest BCUT2D eigenvalue weighted by atomic mass is 9.63. The van der Waals surface area contributed by atoms with Gasteiger partial charge < -0.3 is 10.4 Å². The lowest BCUT2D eigenvalue weighted by molar-refractivity contribution is 0.0700. The number of hydrogen-bond acceptors (Lipinski definition) is 2. The average Bonchev–Trinajstić information content (AvgIpc) is 2.08. The van der Waals surface area contributed by atoms with Crippen molar-refractivity contribution in [3.8, 4) is 0 Å². The molecule has 0 heterocycles. The topological polar surface area (TPSA) is 32.3 Å². The zero-order valence-corrected chi connectivity index (χ0v) is 12.5. The molecule has 0 bridgehead atoms. The zero-order chi connectivity index (χ0) is 13.3. The van der Waals surface area contributed by atoms with E-state index in [1.165, 1.54) is 19.3 Å². The van der Waals surface area contributed by atoms with Gasteiger partial charge in [-0.1, -0.05) is 41.5 Å². The Hall–Kier alpha value is -0.0800. The van der Waals surface area contributed by atoms with Crippen LogP contribution in [-0.4, -0.2) is 23.8 Å². The Balaban J connectivity index is 2.65. The molecule has 1 fully saturated rings. The van der Waals surface area contributed by atoms with E-state index in [-0.39, 0.29) is 12.6 Å². The van der Waals surface area contributed by atoms with Gasteiger partial charge in [0.2, 0.25) is 0 Å². The maximum absolute atomic E-state index is 9.42. The van der Waals surface area contributed by atoms with E-state index < -0.39 is 0 Å². The van der Waals surface area contributed by atoms with Crippen molar-refractivity contribution in [1.29, 1.82) is 0 Å². The Bertz CT molecular complexity index is 229. The molecule has 0 saturated heterocycles. The first-order chi connectivity index (χ1) is 7.65. The van der Waals surface area contributed by atoms with E-state index >= 15 is 0 Å². The Morgan fingerprint density at radius 3 is 1.94 bits per heavy atom. The molecule has 2 N–H and O–H groups in total. The van der Waals surface area contributed by atoms with Crippen LogP contribution in [0.3, 0.4) is 0 Å². The Morgan fingerprint density at radius 1 is 1.12 bits per heavy atom. The molecule has 0 aliphatic heterocycles. The monoisotopic (exact) mass is 241 g/mol. The van der Waals surface area contributed by atoms with Gasteiger partial charge in [-0.15, -0.1) is 0 Å². The van der Waals surface area contributed by atoms with Gasteiger partial charge in [-0.25, -0.2) is 0 Å². The van der Waals surface area contributed by atoms with E-state index in [2.05, 4.69) is 46.9 Å². The maximum atomic E-state index is 9.42. The fraction of sp³-hybridized carbons (Fsp3) is 1.00. The van der Waals surface area contributed by atoms with Gasteiger partial charge in [-0.2, -0.15) is 0 Å². The maximum Gasteiger partial charge on any atom is 0.0587 e. The number of hydrogen-bond donors (Lipinski definition) is 2. The molecule has 2 nitrogen and oxygen atoms in total. The van der Waals surface area contributed by atoms with Crippen LogP contribution in [-0.2, 0) is 0 Å². The van der Waals surface area contributed by atoms with Crippen LogP contribution >= 0.6 is 0 Å². The molecule has 0 amide bonds. The minimum Gasteiger partial charge on any atom is -0.395 e. The molecule has 1 aliphatic carbocycles. The van der Waals surface area contributed by atoms with Gasteiger partial charge in [0.15, 0.2) is 0 Å². The van der Waals surface area contributed by atoms with Crippen LogP contribution in [0.5, 0.6) is 0 Å². The van der Waals surface area contributed by atoms with Gasteiger partial charge in [-0.3, -0.25) is 0 Å². The number of aliphatic hydroxyl groups is 1. The molecule has 1 rings (SSSR count). The van der Waals surface area contributed by atoms with Crippen molar-refractivity contribution in [3.05, 3.63) is 0 Å². The van der Waals surface area contributed by atoms with Crippen molar-refractivity contribution >= 4 is 0 Å². The SMILES string of the molecule is CC(C)[C@@H](CO)NC1CC(C)(C)CC(C)(C)C1. The van der Waals surface area contributed by atoms with Crippen LogP contribution in [0.4, 0.5) is 0 Å². The highest BCUT2D eigenvalue weighted by atomic mass is 16.3. The molecule has 17 heavy (non-hydrogen) atoms. The van der Waals surface area contributed by atoms with E-state index in [0.29, 0.717) is 22.8 Å². The van der Waals surface area contributed by atoms with Crippen molar-refractivity contribution in [2.24, 2.45) is 16.7 Å². The highest BCUT2D eigenvalue weighted by Gasteiger charge is 2.38. The van der Waals surface area contributed by atoms with Crippen LogP contribution in [0, 0.1) is 16.7 Å². The summed E-state index contributed by atoms with van der Waals surface area (Å²) < 4.78 is 0. The molecule has 1 aliphatic rings. The van der Waals surface area contributed by atoms with Crippen molar-refractivity contribution in [3.63, 3.8) is 0 Å². The Morgan fingerprint density at radius 2 is 1.59 bits per heavy atom. The summed E-state index contributed by atoms with van der Waals surface area (Å²) in [6.45, 7) is 14.1. The molecule has 0 aromatic heterocycles. The van der Waals surface area contributed by atoms with Crippen molar-refractivity contribution in [2.45, 2.75) is 72.9 Å². The molecule has 0 radical (unpaired) electrons. The van der Waals surface area contributed by atoms with Crippen LogP contribution in [0.25, 0.3) is 0 Å². The molecule has 1 atom stereocenters. The van der Waals surface area contributed by atoms with Crippen LogP contribution in [0.2, 0.25) is 0 Å². The van der Waals surface area contributed by atoms with Gasteiger partial charge in [0, 0.05) is 12.1 Å². The minimum absolute atomic E-state index is 0.240. The minimum atomic E-state index is 0.240. The van der Waals surface area contributed by atoms with Gasteiger partial charge in [0.25, 0.3) is 0 Å². The molecule has 0 aromatic rings. The molecule has 102 valence electrons. The summed E-state index contributed by atoms with van der Waals surface area (Å²) in [5.41, 5.74) is 0.826. The van der Waals surface area contributed by atoms with Crippen LogP contribution in [0.1, 0.15) is 60.8 Å². The van der Waals surface area contributed by atoms with Gasteiger partial charge in [0.1, 0.15) is 0 Å². The van der Waals surface area contributed by atoms with Gasteiger partial charge in [0.05, 0.1) is 6.61 Å². The van der Waals surface area contributed by atoms with Gasteiger partial charge >= 0.3 is 0 Å². The second-order valence-electron chi connectivity index (χ2n) is 7.81. The lowest BCUT2D eigenvalue weighted by Crippen LogP contribution is -2.50. The zero-order valence-electron chi connectivity index (χ0n) is 12.5. The quantitative estimate of drug-likeness (QED) is 0.792. The predicted molar refractivity (Wildman–Crippen MR) is 74.0 cm³/mol. The second kappa shape index (κ2) is 5.27. The van der Waals surface area contributed by atoms with Gasteiger partial charge in [-0.05, 0) is 36.0 Å². The second-order valence-corrected chi connectivity index (χ2v) is 7.81. The summed E-state index contributed by atoms with van der Waals surface area (Å²) in [5, 5.41) is 13.1. The first kappa shape index (κ1) is 15.0. The normalized spacial score (nSPS) is 26.1. The summed E-state index contributed by atoms with van der Waals surface area (Å²) in [4.78, 5) is 0. The lowest BCUT2D eigenvalue weighted by Gasteiger charge is -2.46. The number of rotatable bonds is 4. The smallest absolute Gasteiger partial charge is 0.0587 e. The summed E-state index contributed by atoms with van der Waals surface area (Å²) in [7, 11) is 0. The summed E-state index contributed by atoms with van der Waals surface area (Å²) >= 11 is 0. The highest BCUT2D eigenvalue weighted by molar-refractivity contribution is 4.93. The third-order valence-electron chi connectivity index (χ3n) is 4.01. The van der Waals surface area contributed by atoms with E-state index in [4.69, 9.17) is 0 Å². The van der Waals surface area contributed by atoms with Crippen LogP contribution < -0.4 is 5.32 Å². The van der Waals surface area contributed by atoms with E-state index in [0.717, 1.165) is 0 Å². The summed E-state index contributed by atoms with van der Waals surface area (Å²) in [5.74, 6) is 0.494. The first-order valence-corrected chi connectivity index (χ1v) is 7.02. The Labute approximate surface area is 107 Å². The van der Waals surface area contributed by atoms with E-state index in [9.17, 15) is 5.11 Å². The largest absolute Gasteiger partial charge is 0.395 e. The van der Waals surface area contributed by atoms with Crippen molar-refractivity contribution < 1.29 is 5.11 Å². The number of aliphatic hydroxyl groups excluding tert-OH is 1. The molecular formula is C15H31NO. The predicted octanol–water partition coefficient (Wildman–Crippen LogP) is 3.20. The molecule has 0 spiro atoms. The summed E-state index contributed by atoms with van der Waals surface area (Å²) in [6, 6.07) is 0.790. The highest BCUT2D eigenvalue weighted by Crippen LogP contribution is 2.45. The van der Waals surface area contributed by atoms with Crippen molar-refractivity contribution in [1.82, 2.24) is 5.32 Å². The Kier molecular flexibility index (Phi) is 4.65. The molecule has 0 aromatic carbocycles. The molecular weight excluding hydrogens is 210 g/mol. The molecule has 0 unspecified atom stereocenters. The molecule has 2 heteroatoms. The van der Waals surface area contributed by atoms with E-state index in [1.54, 1.807) is 0 Å². The average molecular weight is 241 g/mol. The third kappa shape index (κ3) is 4.59. The first-order valence-electron chi connectivity index (χ1n) is 7.02. The van der Waals surface area contributed by atoms with Crippen molar-refractivity contribution in [2.75, 3.05) is 6.61 Å². The third-order valence-corrected chi connectivity index (χ3v) is 4.01.